The Kier molecular flexibility index (Phi) is 45.3. The van der Waals surface area contributed by atoms with E-state index in [-0.39, 0.29) is 31.1 Å². The first-order valence-corrected chi connectivity index (χ1v) is 25.2. The lowest BCUT2D eigenvalue weighted by atomic mass is 10.0. The Morgan fingerprint density at radius 1 is 0.333 bits per heavy atom. The van der Waals surface area contributed by atoms with Gasteiger partial charge in [0.05, 0.1) is 0 Å². The van der Waals surface area contributed by atoms with Gasteiger partial charge in [-0.05, 0) is 44.9 Å². The van der Waals surface area contributed by atoms with Crippen molar-refractivity contribution in [2.75, 3.05) is 13.2 Å². The molecule has 0 bridgehead atoms. The summed E-state index contributed by atoms with van der Waals surface area (Å²) in [7, 11) is 0. The molecule has 6 heteroatoms. The molecule has 0 fully saturated rings. The van der Waals surface area contributed by atoms with Gasteiger partial charge in [-0.2, -0.15) is 0 Å². The lowest BCUT2D eigenvalue weighted by molar-refractivity contribution is -0.167. The SMILES string of the molecule is CCCCCCCCCC/C=C\CCCCCCCCCCCCCCCCCC(=O)OCC(COC(=O)CCCCCCC)OC(=O)CCCCCCCCC. The monoisotopic (exact) mass is 805 g/mol. The molecule has 1 atom stereocenters. The lowest BCUT2D eigenvalue weighted by Crippen LogP contribution is -2.30. The average molecular weight is 805 g/mol. The Bertz CT molecular complexity index is 885. The fourth-order valence-electron chi connectivity index (χ4n) is 7.44. The van der Waals surface area contributed by atoms with Gasteiger partial charge in [0.15, 0.2) is 6.10 Å². The Morgan fingerprint density at radius 3 is 0.877 bits per heavy atom. The number of hydrogen-bond donors (Lipinski definition) is 0. The Labute approximate surface area is 354 Å². The van der Waals surface area contributed by atoms with Crippen LogP contribution in [0.5, 0.6) is 0 Å². The minimum atomic E-state index is -0.758. The number of hydrogen-bond acceptors (Lipinski definition) is 6. The van der Waals surface area contributed by atoms with Gasteiger partial charge in [0.2, 0.25) is 0 Å². The minimum Gasteiger partial charge on any atom is -0.462 e. The fraction of sp³-hybridized carbons (Fsp3) is 0.902. The molecular weight excluding hydrogens is 709 g/mol. The summed E-state index contributed by atoms with van der Waals surface area (Å²) < 4.78 is 16.5. The summed E-state index contributed by atoms with van der Waals surface area (Å²) in [4.78, 5) is 37.3. The largest absolute Gasteiger partial charge is 0.462 e. The van der Waals surface area contributed by atoms with Crippen LogP contribution in [0.15, 0.2) is 12.2 Å². The highest BCUT2D eigenvalue weighted by Crippen LogP contribution is 2.16. The second kappa shape index (κ2) is 46.8. The summed E-state index contributed by atoms with van der Waals surface area (Å²) >= 11 is 0. The van der Waals surface area contributed by atoms with Crippen LogP contribution in [-0.4, -0.2) is 37.2 Å². The Hall–Kier alpha value is -1.85. The number of allylic oxidation sites excluding steroid dienone is 2. The van der Waals surface area contributed by atoms with Crippen molar-refractivity contribution in [1.29, 1.82) is 0 Å². The maximum absolute atomic E-state index is 12.5. The van der Waals surface area contributed by atoms with Gasteiger partial charge in [-0.25, -0.2) is 0 Å². The molecule has 0 saturated heterocycles. The molecule has 0 aliphatic carbocycles. The van der Waals surface area contributed by atoms with Gasteiger partial charge in [0, 0.05) is 19.3 Å². The third-order valence-electron chi connectivity index (χ3n) is 11.3. The van der Waals surface area contributed by atoms with Crippen molar-refractivity contribution < 1.29 is 28.6 Å². The van der Waals surface area contributed by atoms with E-state index in [1.54, 1.807) is 0 Å². The van der Waals surface area contributed by atoms with Gasteiger partial charge >= 0.3 is 17.9 Å². The van der Waals surface area contributed by atoms with Gasteiger partial charge in [-0.15, -0.1) is 0 Å². The fourth-order valence-corrected chi connectivity index (χ4v) is 7.44. The molecule has 57 heavy (non-hydrogen) atoms. The molecule has 0 heterocycles. The van der Waals surface area contributed by atoms with Crippen LogP contribution in [-0.2, 0) is 28.6 Å². The predicted molar refractivity (Wildman–Crippen MR) is 243 cm³/mol. The molecule has 0 aromatic heterocycles. The summed E-state index contributed by atoms with van der Waals surface area (Å²) in [6.07, 6.45) is 51.3. The molecule has 0 spiro atoms. The average Bonchev–Trinajstić information content (AvgIpc) is 3.21. The van der Waals surface area contributed by atoms with Crippen LogP contribution in [0.3, 0.4) is 0 Å². The zero-order chi connectivity index (χ0) is 41.5. The second-order valence-electron chi connectivity index (χ2n) is 17.1. The minimum absolute atomic E-state index is 0.0668. The number of esters is 3. The highest BCUT2D eigenvalue weighted by molar-refractivity contribution is 5.71. The van der Waals surface area contributed by atoms with Gasteiger partial charge in [-0.1, -0.05) is 226 Å². The zero-order valence-electron chi connectivity index (χ0n) is 38.4. The van der Waals surface area contributed by atoms with Crippen LogP contribution in [0, 0.1) is 0 Å². The van der Waals surface area contributed by atoms with E-state index in [0.29, 0.717) is 19.3 Å². The third-order valence-corrected chi connectivity index (χ3v) is 11.3. The molecule has 0 aromatic carbocycles. The van der Waals surface area contributed by atoms with Crippen molar-refractivity contribution in [3.05, 3.63) is 12.2 Å². The highest BCUT2D eigenvalue weighted by atomic mass is 16.6. The first-order valence-electron chi connectivity index (χ1n) is 25.2. The number of carbonyl (C=O) groups excluding carboxylic acids is 3. The Balaban J connectivity index is 3.85. The third kappa shape index (κ3) is 45.1. The normalized spacial score (nSPS) is 12.0. The van der Waals surface area contributed by atoms with Crippen LogP contribution in [0.2, 0.25) is 0 Å². The van der Waals surface area contributed by atoms with E-state index in [1.807, 2.05) is 0 Å². The number of unbranched alkanes of at least 4 members (excludes halogenated alkanes) is 33. The number of carbonyl (C=O) groups is 3. The van der Waals surface area contributed by atoms with E-state index in [1.165, 1.54) is 173 Å². The second-order valence-corrected chi connectivity index (χ2v) is 17.1. The van der Waals surface area contributed by atoms with Crippen molar-refractivity contribution in [2.45, 2.75) is 284 Å². The van der Waals surface area contributed by atoms with Gasteiger partial charge in [0.1, 0.15) is 13.2 Å². The van der Waals surface area contributed by atoms with E-state index in [9.17, 15) is 14.4 Å². The van der Waals surface area contributed by atoms with Crippen molar-refractivity contribution in [3.63, 3.8) is 0 Å². The van der Waals surface area contributed by atoms with Crippen LogP contribution >= 0.6 is 0 Å². The van der Waals surface area contributed by atoms with Crippen LogP contribution in [0.4, 0.5) is 0 Å². The molecule has 0 amide bonds. The number of ether oxygens (including phenoxy) is 3. The molecule has 0 aliphatic heterocycles. The smallest absolute Gasteiger partial charge is 0.306 e. The molecule has 0 radical (unpaired) electrons. The van der Waals surface area contributed by atoms with Crippen molar-refractivity contribution >= 4 is 17.9 Å². The summed E-state index contributed by atoms with van der Waals surface area (Å²) in [5, 5.41) is 0. The molecule has 0 N–H and O–H groups in total. The van der Waals surface area contributed by atoms with E-state index in [4.69, 9.17) is 14.2 Å². The summed E-state index contributed by atoms with van der Waals surface area (Å²) in [5.74, 6) is -0.879. The van der Waals surface area contributed by atoms with E-state index < -0.39 is 6.10 Å². The van der Waals surface area contributed by atoms with E-state index in [2.05, 4.69) is 32.9 Å². The van der Waals surface area contributed by atoms with Crippen molar-refractivity contribution in [1.82, 2.24) is 0 Å². The van der Waals surface area contributed by atoms with Crippen LogP contribution < -0.4 is 0 Å². The molecule has 0 rings (SSSR count). The summed E-state index contributed by atoms with van der Waals surface area (Å²) in [5.41, 5.74) is 0. The molecule has 0 saturated carbocycles. The molecule has 336 valence electrons. The van der Waals surface area contributed by atoms with Crippen LogP contribution in [0.1, 0.15) is 278 Å². The maximum atomic E-state index is 12.5. The molecule has 0 aromatic rings. The molecule has 0 aliphatic rings. The van der Waals surface area contributed by atoms with Crippen LogP contribution in [0.25, 0.3) is 0 Å². The van der Waals surface area contributed by atoms with Gasteiger partial charge < -0.3 is 14.2 Å². The van der Waals surface area contributed by atoms with Crippen molar-refractivity contribution in [3.8, 4) is 0 Å². The van der Waals surface area contributed by atoms with Gasteiger partial charge in [0.25, 0.3) is 0 Å². The summed E-state index contributed by atoms with van der Waals surface area (Å²) in [6, 6.07) is 0. The van der Waals surface area contributed by atoms with E-state index in [0.717, 1.165) is 64.2 Å². The first kappa shape index (κ1) is 55.2. The van der Waals surface area contributed by atoms with E-state index >= 15 is 0 Å². The summed E-state index contributed by atoms with van der Waals surface area (Å²) in [6.45, 7) is 6.53. The molecule has 1 unspecified atom stereocenters. The molecular formula is C51H96O6. The topological polar surface area (TPSA) is 78.9 Å². The maximum Gasteiger partial charge on any atom is 0.306 e. The molecule has 6 nitrogen and oxygen atoms in total. The first-order chi connectivity index (χ1) is 28.0. The lowest BCUT2D eigenvalue weighted by Gasteiger charge is -2.18. The zero-order valence-corrected chi connectivity index (χ0v) is 38.4. The van der Waals surface area contributed by atoms with Gasteiger partial charge in [-0.3, -0.25) is 14.4 Å². The Morgan fingerprint density at radius 2 is 0.579 bits per heavy atom. The number of rotatable bonds is 46. The van der Waals surface area contributed by atoms with Crippen molar-refractivity contribution in [2.24, 2.45) is 0 Å². The standard InChI is InChI=1S/C51H96O6/c1-4-7-10-13-15-16-17-18-19-20-21-22-23-24-25-26-27-28-29-30-31-32-33-34-36-38-41-44-50(53)56-47-48(46-55-49(52)43-40-37-12-9-6-3)57-51(54)45-42-39-35-14-11-8-5-2/h20-21,48H,4-19,22-47H2,1-3H3/b21-20-. The predicted octanol–water partition coefficient (Wildman–Crippen LogP) is 16.2. The highest BCUT2D eigenvalue weighted by Gasteiger charge is 2.19. The quantitative estimate of drug-likeness (QED) is 0.0264.